The lowest BCUT2D eigenvalue weighted by Crippen LogP contribution is -2.19. The summed E-state index contributed by atoms with van der Waals surface area (Å²) in [7, 11) is 1.53. The number of hydrogen-bond donors (Lipinski definition) is 2. The molecule has 1 heterocycles. The highest BCUT2D eigenvalue weighted by molar-refractivity contribution is 14.1. The quantitative estimate of drug-likeness (QED) is 0.258. The van der Waals surface area contributed by atoms with Crippen LogP contribution in [0, 0.1) is 9.39 Å². The van der Waals surface area contributed by atoms with Crippen LogP contribution in [0.4, 0.5) is 9.52 Å². The second kappa shape index (κ2) is 10.3. The number of carbonyl (C=O) groups is 1. The predicted octanol–water partition coefficient (Wildman–Crippen LogP) is 3.14. The van der Waals surface area contributed by atoms with Gasteiger partial charge in [0.25, 0.3) is 0 Å². The van der Waals surface area contributed by atoms with Gasteiger partial charge in [-0.15, -0.1) is 10.2 Å². The van der Waals surface area contributed by atoms with Gasteiger partial charge in [-0.2, -0.15) is 5.10 Å². The van der Waals surface area contributed by atoms with E-state index >= 15 is 0 Å². The van der Waals surface area contributed by atoms with Crippen molar-refractivity contribution in [2.75, 3.05) is 12.8 Å². The highest BCUT2D eigenvalue weighted by Gasteiger charge is 2.12. The van der Waals surface area contributed by atoms with Crippen molar-refractivity contribution in [3.63, 3.8) is 0 Å². The minimum Gasteiger partial charge on any atom is -0.493 e. The molecule has 2 aromatic carbocycles. The van der Waals surface area contributed by atoms with E-state index in [1.54, 1.807) is 18.2 Å². The first kappa shape index (κ1) is 21.9. The predicted molar refractivity (Wildman–Crippen MR) is 120 cm³/mol. The molecule has 0 atom stereocenters. The molecule has 1 aromatic heterocycles. The summed E-state index contributed by atoms with van der Waals surface area (Å²) in [5.41, 5.74) is 9.47. The minimum absolute atomic E-state index is 0.0449. The van der Waals surface area contributed by atoms with Crippen molar-refractivity contribution < 1.29 is 18.7 Å². The fourth-order valence-electron chi connectivity index (χ4n) is 2.38. The van der Waals surface area contributed by atoms with Crippen LogP contribution in [0.1, 0.15) is 16.1 Å². The number of methoxy groups -OCH3 is 1. The number of nitrogens with two attached hydrogens (primary N) is 1. The van der Waals surface area contributed by atoms with Gasteiger partial charge < -0.3 is 15.2 Å². The van der Waals surface area contributed by atoms with Crippen molar-refractivity contribution in [2.45, 2.75) is 13.0 Å². The lowest BCUT2D eigenvalue weighted by molar-refractivity contribution is -0.120. The fourth-order valence-corrected chi connectivity index (χ4v) is 3.77. The number of carbonyl (C=O) groups excluding carboxylic acids is 1. The van der Waals surface area contributed by atoms with Crippen LogP contribution in [-0.2, 0) is 17.8 Å². The smallest absolute Gasteiger partial charge is 0.247 e. The third kappa shape index (κ3) is 6.10. The van der Waals surface area contributed by atoms with Gasteiger partial charge in [-0.05, 0) is 58.0 Å². The summed E-state index contributed by atoms with van der Waals surface area (Å²) >= 11 is 3.28. The molecule has 0 bridgehead atoms. The Morgan fingerprint density at radius 2 is 2.10 bits per heavy atom. The van der Waals surface area contributed by atoms with E-state index in [1.165, 1.54) is 25.5 Å². The van der Waals surface area contributed by atoms with Crippen molar-refractivity contribution in [3.05, 3.63) is 61.9 Å². The Kier molecular flexibility index (Phi) is 7.52. The molecule has 0 aliphatic heterocycles. The number of hydrogen-bond acceptors (Lipinski definition) is 8. The second-order valence-corrected chi connectivity index (χ2v) is 8.21. The lowest BCUT2D eigenvalue weighted by atomic mass is 10.2. The van der Waals surface area contributed by atoms with E-state index in [-0.39, 0.29) is 24.8 Å². The number of nitrogen functional groups attached to an aromatic ring is 1. The third-order valence-electron chi connectivity index (χ3n) is 3.75. The van der Waals surface area contributed by atoms with Gasteiger partial charge in [-0.3, -0.25) is 4.79 Å². The topological polar surface area (TPSA) is 112 Å². The zero-order valence-corrected chi connectivity index (χ0v) is 18.7. The van der Waals surface area contributed by atoms with E-state index in [1.807, 2.05) is 6.07 Å². The van der Waals surface area contributed by atoms with Gasteiger partial charge >= 0.3 is 0 Å². The second-order valence-electron chi connectivity index (χ2n) is 5.95. The molecule has 1 amide bonds. The molecule has 0 aliphatic rings. The van der Waals surface area contributed by atoms with Crippen molar-refractivity contribution >= 4 is 51.2 Å². The molecule has 3 N–H and O–H groups in total. The SMILES string of the molecule is COc1cc(/C=N\NC(=O)Cc2nnc(N)s2)cc(I)c1OCc1ccc(F)cc1. The molecule has 0 aliphatic carbocycles. The maximum Gasteiger partial charge on any atom is 0.247 e. The minimum atomic E-state index is -0.330. The molecular weight excluding hydrogens is 524 g/mol. The van der Waals surface area contributed by atoms with Gasteiger partial charge in [0.2, 0.25) is 11.0 Å². The van der Waals surface area contributed by atoms with Crippen LogP contribution in [0.3, 0.4) is 0 Å². The highest BCUT2D eigenvalue weighted by atomic mass is 127. The molecule has 0 spiro atoms. The summed E-state index contributed by atoms with van der Waals surface area (Å²) in [6, 6.07) is 9.67. The van der Waals surface area contributed by atoms with Gasteiger partial charge in [0.1, 0.15) is 17.4 Å². The average Bonchev–Trinajstić information content (AvgIpc) is 3.12. The van der Waals surface area contributed by atoms with Crippen LogP contribution in [0.15, 0.2) is 41.5 Å². The molecule has 0 saturated carbocycles. The number of benzene rings is 2. The first-order chi connectivity index (χ1) is 14.4. The molecular formula is C19H17FIN5O3S. The molecule has 3 aromatic rings. The molecule has 8 nitrogen and oxygen atoms in total. The maximum atomic E-state index is 13.0. The molecule has 3 rings (SSSR count). The average molecular weight is 541 g/mol. The molecule has 0 radical (unpaired) electrons. The van der Waals surface area contributed by atoms with E-state index < -0.39 is 0 Å². The van der Waals surface area contributed by atoms with Gasteiger partial charge in [-0.1, -0.05) is 23.5 Å². The van der Waals surface area contributed by atoms with Gasteiger partial charge in [0, 0.05) is 0 Å². The number of anilines is 1. The summed E-state index contributed by atoms with van der Waals surface area (Å²) in [6.07, 6.45) is 1.55. The summed E-state index contributed by atoms with van der Waals surface area (Å²) in [6.45, 7) is 0.270. The van der Waals surface area contributed by atoms with Crippen LogP contribution < -0.4 is 20.6 Å². The van der Waals surface area contributed by atoms with Crippen molar-refractivity contribution in [3.8, 4) is 11.5 Å². The number of rotatable bonds is 8. The number of halogens is 2. The summed E-state index contributed by atoms with van der Waals surface area (Å²) in [5.74, 6) is 0.455. The van der Waals surface area contributed by atoms with Gasteiger partial charge in [0.15, 0.2) is 11.5 Å². The Bertz CT molecular complexity index is 1060. The summed E-state index contributed by atoms with van der Waals surface area (Å²) < 4.78 is 25.1. The third-order valence-corrected chi connectivity index (χ3v) is 5.30. The van der Waals surface area contributed by atoms with Crippen molar-refractivity contribution in [2.24, 2.45) is 5.10 Å². The molecule has 156 valence electrons. The Balaban J connectivity index is 1.63. The van der Waals surface area contributed by atoms with Crippen molar-refractivity contribution in [1.82, 2.24) is 15.6 Å². The van der Waals surface area contributed by atoms with Crippen LogP contribution in [0.5, 0.6) is 11.5 Å². The Hall–Kier alpha value is -2.80. The number of nitrogens with zero attached hydrogens (tertiary/aromatic N) is 3. The van der Waals surface area contributed by atoms with Crippen LogP contribution in [0.25, 0.3) is 0 Å². The largest absolute Gasteiger partial charge is 0.493 e. The Labute approximate surface area is 189 Å². The van der Waals surface area contributed by atoms with E-state index in [0.717, 1.165) is 20.5 Å². The summed E-state index contributed by atoms with van der Waals surface area (Å²) in [4.78, 5) is 11.9. The zero-order chi connectivity index (χ0) is 21.5. The molecule has 0 saturated heterocycles. The van der Waals surface area contributed by atoms with E-state index in [0.29, 0.717) is 27.2 Å². The molecule has 30 heavy (non-hydrogen) atoms. The normalized spacial score (nSPS) is 10.9. The molecule has 0 fully saturated rings. The number of amides is 1. The first-order valence-corrected chi connectivity index (χ1v) is 10.5. The van der Waals surface area contributed by atoms with Crippen LogP contribution in [0.2, 0.25) is 0 Å². The fraction of sp³-hybridized carbons (Fsp3) is 0.158. The number of aromatic nitrogens is 2. The monoisotopic (exact) mass is 541 g/mol. The number of ether oxygens (including phenoxy) is 2. The van der Waals surface area contributed by atoms with Crippen molar-refractivity contribution in [1.29, 1.82) is 0 Å². The highest BCUT2D eigenvalue weighted by Crippen LogP contribution is 2.34. The summed E-state index contributed by atoms with van der Waals surface area (Å²) in [5, 5.41) is 12.2. The van der Waals surface area contributed by atoms with E-state index in [4.69, 9.17) is 15.2 Å². The molecule has 0 unspecified atom stereocenters. The number of nitrogens with one attached hydrogen (secondary N) is 1. The van der Waals surface area contributed by atoms with E-state index in [2.05, 4.69) is 43.3 Å². The lowest BCUT2D eigenvalue weighted by Gasteiger charge is -2.13. The molecule has 11 heteroatoms. The zero-order valence-electron chi connectivity index (χ0n) is 15.8. The Morgan fingerprint density at radius 3 is 2.77 bits per heavy atom. The van der Waals surface area contributed by atoms with Gasteiger partial charge in [0.05, 0.1) is 23.3 Å². The number of hydrazone groups is 1. The standard InChI is InChI=1S/C19H17FIN5O3S/c1-28-15-7-12(9-23-24-16(27)8-17-25-26-19(22)30-17)6-14(21)18(15)29-10-11-2-4-13(20)5-3-11/h2-7,9H,8,10H2,1H3,(H2,22,26)(H,24,27)/b23-9-. The van der Waals surface area contributed by atoms with E-state index in [9.17, 15) is 9.18 Å². The Morgan fingerprint density at radius 1 is 1.33 bits per heavy atom. The van der Waals surface area contributed by atoms with Gasteiger partial charge in [-0.25, -0.2) is 9.82 Å². The maximum absolute atomic E-state index is 13.0. The first-order valence-electron chi connectivity index (χ1n) is 8.59. The van der Waals surface area contributed by atoms with Crippen LogP contribution in [-0.4, -0.2) is 29.4 Å². The van der Waals surface area contributed by atoms with Crippen LogP contribution >= 0.6 is 33.9 Å².